The van der Waals surface area contributed by atoms with E-state index in [1.165, 1.54) is 18.2 Å². The van der Waals surface area contributed by atoms with Gasteiger partial charge < -0.3 is 15.6 Å². The standard InChI is InChI=1S/C22H15N3O4/c23-13-14-9-10-19(18(11-14)22(27)28)24-21(26)17-8-4-7-16(12-17)20(25-29)15-5-2-1-3-6-15/h1-12,29H,(H,24,26)(H,27,28)/b25-20+. The molecule has 7 heteroatoms. The number of carbonyl (C=O) groups excluding carboxylic acids is 1. The number of anilines is 1. The Morgan fingerprint density at radius 1 is 0.897 bits per heavy atom. The van der Waals surface area contributed by atoms with E-state index in [1.807, 2.05) is 12.1 Å². The van der Waals surface area contributed by atoms with Crippen molar-refractivity contribution in [2.45, 2.75) is 0 Å². The SMILES string of the molecule is N#Cc1ccc(NC(=O)c2cccc(/C(=N/O)c3ccccc3)c2)c(C(=O)O)c1. The lowest BCUT2D eigenvalue weighted by atomic mass is 10.00. The molecule has 3 aromatic carbocycles. The minimum atomic E-state index is -1.26. The van der Waals surface area contributed by atoms with Gasteiger partial charge in [-0.25, -0.2) is 4.79 Å². The van der Waals surface area contributed by atoms with E-state index in [9.17, 15) is 19.9 Å². The summed E-state index contributed by atoms with van der Waals surface area (Å²) in [6.07, 6.45) is 0. The Morgan fingerprint density at radius 2 is 1.59 bits per heavy atom. The van der Waals surface area contributed by atoms with Crippen LogP contribution in [0.2, 0.25) is 0 Å². The van der Waals surface area contributed by atoms with Gasteiger partial charge in [-0.2, -0.15) is 5.26 Å². The highest BCUT2D eigenvalue weighted by Crippen LogP contribution is 2.19. The maximum atomic E-state index is 12.7. The number of amides is 1. The fourth-order valence-corrected chi connectivity index (χ4v) is 2.78. The van der Waals surface area contributed by atoms with Crippen molar-refractivity contribution in [2.24, 2.45) is 5.16 Å². The van der Waals surface area contributed by atoms with Crippen LogP contribution >= 0.6 is 0 Å². The molecule has 1 amide bonds. The first-order valence-electron chi connectivity index (χ1n) is 8.50. The molecule has 3 rings (SSSR count). The van der Waals surface area contributed by atoms with Crippen molar-refractivity contribution in [3.8, 4) is 6.07 Å². The molecule has 0 bridgehead atoms. The van der Waals surface area contributed by atoms with Crippen LogP contribution in [0.25, 0.3) is 0 Å². The minimum Gasteiger partial charge on any atom is -0.478 e. The highest BCUT2D eigenvalue weighted by molar-refractivity contribution is 6.14. The van der Waals surface area contributed by atoms with E-state index < -0.39 is 11.9 Å². The largest absolute Gasteiger partial charge is 0.478 e. The number of carboxylic acids is 1. The van der Waals surface area contributed by atoms with E-state index in [0.717, 1.165) is 0 Å². The summed E-state index contributed by atoms with van der Waals surface area (Å²) in [6.45, 7) is 0. The molecule has 0 radical (unpaired) electrons. The third-order valence-electron chi connectivity index (χ3n) is 4.17. The van der Waals surface area contributed by atoms with Crippen molar-refractivity contribution in [1.29, 1.82) is 5.26 Å². The van der Waals surface area contributed by atoms with Gasteiger partial charge in [-0.3, -0.25) is 4.79 Å². The highest BCUT2D eigenvalue weighted by Gasteiger charge is 2.16. The van der Waals surface area contributed by atoms with Crippen LogP contribution in [0.5, 0.6) is 0 Å². The molecule has 3 aromatic rings. The molecule has 29 heavy (non-hydrogen) atoms. The number of oxime groups is 1. The van der Waals surface area contributed by atoms with Crippen LogP contribution in [0.1, 0.15) is 37.4 Å². The quantitative estimate of drug-likeness (QED) is 0.351. The Morgan fingerprint density at radius 3 is 2.24 bits per heavy atom. The number of rotatable bonds is 5. The lowest BCUT2D eigenvalue weighted by Crippen LogP contribution is -2.16. The zero-order valence-corrected chi connectivity index (χ0v) is 15.0. The smallest absolute Gasteiger partial charge is 0.337 e. The predicted octanol–water partition coefficient (Wildman–Crippen LogP) is 3.74. The summed E-state index contributed by atoms with van der Waals surface area (Å²) in [5, 5.41) is 33.6. The molecule has 142 valence electrons. The summed E-state index contributed by atoms with van der Waals surface area (Å²) < 4.78 is 0. The molecule has 0 spiro atoms. The van der Waals surface area contributed by atoms with E-state index in [0.29, 0.717) is 16.8 Å². The zero-order valence-electron chi connectivity index (χ0n) is 15.0. The predicted molar refractivity (Wildman–Crippen MR) is 106 cm³/mol. The van der Waals surface area contributed by atoms with Gasteiger partial charge in [-0.05, 0) is 30.3 Å². The van der Waals surface area contributed by atoms with Crippen LogP contribution in [0.3, 0.4) is 0 Å². The molecule has 0 aromatic heterocycles. The summed E-state index contributed by atoms with van der Waals surface area (Å²) in [4.78, 5) is 24.1. The van der Waals surface area contributed by atoms with Gasteiger partial charge in [0, 0.05) is 16.7 Å². The van der Waals surface area contributed by atoms with Crippen LogP contribution in [0.15, 0.2) is 78.0 Å². The molecule has 0 aliphatic heterocycles. The van der Waals surface area contributed by atoms with E-state index >= 15 is 0 Å². The van der Waals surface area contributed by atoms with Crippen molar-refractivity contribution in [3.63, 3.8) is 0 Å². The average molecular weight is 385 g/mol. The van der Waals surface area contributed by atoms with Crippen LogP contribution in [-0.2, 0) is 0 Å². The van der Waals surface area contributed by atoms with Crippen LogP contribution < -0.4 is 5.32 Å². The average Bonchev–Trinajstić information content (AvgIpc) is 2.75. The number of nitrogens with one attached hydrogen (secondary N) is 1. The molecule has 7 nitrogen and oxygen atoms in total. The Kier molecular flexibility index (Phi) is 5.66. The summed E-state index contributed by atoms with van der Waals surface area (Å²) in [5.41, 5.74) is 1.80. The number of carbonyl (C=O) groups is 2. The molecule has 0 saturated heterocycles. The number of nitriles is 1. The topological polar surface area (TPSA) is 123 Å². The van der Waals surface area contributed by atoms with Gasteiger partial charge in [-0.1, -0.05) is 47.6 Å². The maximum absolute atomic E-state index is 12.7. The second kappa shape index (κ2) is 8.50. The van der Waals surface area contributed by atoms with Crippen LogP contribution in [-0.4, -0.2) is 27.9 Å². The molecular formula is C22H15N3O4. The Hall–Kier alpha value is -4.44. The summed E-state index contributed by atoms with van der Waals surface area (Å²) in [6, 6.07) is 21.3. The fraction of sp³-hybridized carbons (Fsp3) is 0. The minimum absolute atomic E-state index is 0.0750. The number of hydrogen-bond donors (Lipinski definition) is 3. The molecule has 0 unspecified atom stereocenters. The fourth-order valence-electron chi connectivity index (χ4n) is 2.78. The number of nitrogens with zero attached hydrogens (tertiary/aromatic N) is 2. The zero-order chi connectivity index (χ0) is 20.8. The first-order chi connectivity index (χ1) is 14.0. The van der Waals surface area contributed by atoms with Crippen molar-refractivity contribution < 1.29 is 19.9 Å². The Labute approximate surface area is 166 Å². The molecular weight excluding hydrogens is 370 g/mol. The molecule has 0 heterocycles. The van der Waals surface area contributed by atoms with Gasteiger partial charge in [0.15, 0.2) is 0 Å². The molecule has 0 saturated carbocycles. The maximum Gasteiger partial charge on any atom is 0.337 e. The molecule has 3 N–H and O–H groups in total. The summed E-state index contributed by atoms with van der Waals surface area (Å²) in [7, 11) is 0. The van der Waals surface area contributed by atoms with Gasteiger partial charge in [0.25, 0.3) is 5.91 Å². The van der Waals surface area contributed by atoms with Crippen molar-refractivity contribution in [1.82, 2.24) is 0 Å². The van der Waals surface area contributed by atoms with Gasteiger partial charge in [0.05, 0.1) is 22.9 Å². The first-order valence-corrected chi connectivity index (χ1v) is 8.50. The third-order valence-corrected chi connectivity index (χ3v) is 4.17. The van der Waals surface area contributed by atoms with Gasteiger partial charge in [-0.15, -0.1) is 0 Å². The van der Waals surface area contributed by atoms with E-state index in [4.69, 9.17) is 5.26 Å². The number of carboxylic acid groups (broad SMARTS) is 1. The number of hydrogen-bond acceptors (Lipinski definition) is 5. The van der Waals surface area contributed by atoms with Crippen LogP contribution in [0.4, 0.5) is 5.69 Å². The molecule has 0 atom stereocenters. The summed E-state index contributed by atoms with van der Waals surface area (Å²) >= 11 is 0. The Balaban J connectivity index is 1.91. The second-order valence-corrected chi connectivity index (χ2v) is 6.03. The van der Waals surface area contributed by atoms with Gasteiger partial charge in [0.2, 0.25) is 0 Å². The summed E-state index contributed by atoms with van der Waals surface area (Å²) in [5.74, 6) is -1.80. The normalized spacial score (nSPS) is 10.8. The molecule has 0 aliphatic rings. The van der Waals surface area contributed by atoms with E-state index in [2.05, 4.69) is 10.5 Å². The third kappa shape index (κ3) is 4.28. The number of aromatic carboxylic acids is 1. The van der Waals surface area contributed by atoms with Crippen molar-refractivity contribution in [2.75, 3.05) is 5.32 Å². The second-order valence-electron chi connectivity index (χ2n) is 6.03. The highest BCUT2D eigenvalue weighted by atomic mass is 16.4. The molecule has 0 fully saturated rings. The van der Waals surface area contributed by atoms with Crippen LogP contribution in [0, 0.1) is 11.3 Å². The Bertz CT molecular complexity index is 1150. The van der Waals surface area contributed by atoms with Crippen molar-refractivity contribution in [3.05, 3.63) is 101 Å². The monoisotopic (exact) mass is 385 g/mol. The first kappa shape index (κ1) is 19.3. The number of benzene rings is 3. The van der Waals surface area contributed by atoms with E-state index in [1.54, 1.807) is 48.5 Å². The van der Waals surface area contributed by atoms with Gasteiger partial charge >= 0.3 is 5.97 Å². The lowest BCUT2D eigenvalue weighted by Gasteiger charge is -2.10. The van der Waals surface area contributed by atoms with E-state index in [-0.39, 0.29) is 22.4 Å². The van der Waals surface area contributed by atoms with Gasteiger partial charge in [0.1, 0.15) is 5.71 Å². The van der Waals surface area contributed by atoms with Crippen molar-refractivity contribution >= 4 is 23.3 Å². The lowest BCUT2D eigenvalue weighted by molar-refractivity contribution is 0.0698. The molecule has 0 aliphatic carbocycles.